The van der Waals surface area contributed by atoms with Gasteiger partial charge >= 0.3 is 0 Å². The number of aromatic nitrogens is 2. The minimum Gasteiger partial charge on any atom is -0.262 e. The second kappa shape index (κ2) is 9.16. The van der Waals surface area contributed by atoms with E-state index in [0.717, 1.165) is 22.5 Å². The van der Waals surface area contributed by atoms with Crippen molar-refractivity contribution >= 4 is 28.4 Å². The molecule has 2 heterocycles. The van der Waals surface area contributed by atoms with E-state index in [1.807, 2.05) is 30.5 Å². The Morgan fingerprint density at radius 2 is 1.91 bits per heavy atom. The van der Waals surface area contributed by atoms with Crippen LogP contribution in [0.25, 0.3) is 11.3 Å². The molecule has 4 rings (SSSR count). The summed E-state index contributed by atoms with van der Waals surface area (Å²) in [5.74, 6) is 0. The molecule has 0 aliphatic rings. The van der Waals surface area contributed by atoms with Crippen LogP contribution >= 0.6 is 11.3 Å². The topological polar surface area (TPSA) is 109 Å². The summed E-state index contributed by atoms with van der Waals surface area (Å²) >= 11 is 1.40. The van der Waals surface area contributed by atoms with Crippen LogP contribution in [0.3, 0.4) is 0 Å². The van der Waals surface area contributed by atoms with E-state index in [1.165, 1.54) is 23.5 Å². The number of nitrogens with zero attached hydrogens (tertiary/aromatic N) is 6. The molecular formula is C23H16N6O2S. The molecular weight excluding hydrogens is 424 g/mol. The fourth-order valence-corrected chi connectivity index (χ4v) is 3.80. The van der Waals surface area contributed by atoms with E-state index in [9.17, 15) is 10.1 Å². The highest BCUT2D eigenvalue weighted by Crippen LogP contribution is 2.24. The van der Waals surface area contributed by atoms with Gasteiger partial charge in [-0.3, -0.25) is 15.1 Å². The van der Waals surface area contributed by atoms with Gasteiger partial charge in [0, 0.05) is 29.3 Å². The van der Waals surface area contributed by atoms with Crippen molar-refractivity contribution in [1.82, 2.24) is 9.66 Å². The van der Waals surface area contributed by atoms with Crippen LogP contribution in [0.1, 0.15) is 18.1 Å². The maximum atomic E-state index is 11.0. The van der Waals surface area contributed by atoms with Gasteiger partial charge in [0.15, 0.2) is 0 Å². The van der Waals surface area contributed by atoms with Crippen LogP contribution in [0.2, 0.25) is 0 Å². The number of pyridine rings is 1. The van der Waals surface area contributed by atoms with Crippen molar-refractivity contribution in [3.63, 3.8) is 0 Å². The van der Waals surface area contributed by atoms with Crippen molar-refractivity contribution in [2.45, 2.75) is 6.92 Å². The highest BCUT2D eigenvalue weighted by molar-refractivity contribution is 7.07. The van der Waals surface area contributed by atoms with Crippen molar-refractivity contribution in [3.8, 4) is 17.3 Å². The third-order valence-electron chi connectivity index (χ3n) is 4.61. The van der Waals surface area contributed by atoms with Gasteiger partial charge in [0.2, 0.25) is 4.80 Å². The van der Waals surface area contributed by atoms with Crippen LogP contribution in [0.5, 0.6) is 0 Å². The van der Waals surface area contributed by atoms with Crippen molar-refractivity contribution in [2.24, 2.45) is 10.1 Å². The van der Waals surface area contributed by atoms with Gasteiger partial charge in [-0.25, -0.2) is 9.67 Å². The zero-order valence-corrected chi connectivity index (χ0v) is 17.7. The van der Waals surface area contributed by atoms with Gasteiger partial charge in [0.25, 0.3) is 5.69 Å². The van der Waals surface area contributed by atoms with E-state index in [2.05, 4.69) is 16.0 Å². The summed E-state index contributed by atoms with van der Waals surface area (Å²) in [6, 6.07) is 19.2. The second-order valence-electron chi connectivity index (χ2n) is 6.72. The fourth-order valence-electron chi connectivity index (χ4n) is 2.95. The molecule has 4 aromatic rings. The molecule has 0 atom stereocenters. The molecule has 2 aromatic carbocycles. The Labute approximate surface area is 187 Å². The van der Waals surface area contributed by atoms with Crippen LogP contribution in [0.4, 0.5) is 11.4 Å². The highest BCUT2D eigenvalue weighted by Gasteiger charge is 2.11. The standard InChI is InChI=1S/C23H16N6O2S/c1-16(18-6-4-17(13-24)5-7-18)27-28-22(19-8-10-21(11-9-19)29(30)31)15-32-23(28)26-20-3-2-12-25-14-20/h2-12,14-15H,1H3. The molecule has 0 spiro atoms. The number of nitro benzene ring substituents is 1. The zero-order valence-electron chi connectivity index (χ0n) is 16.9. The van der Waals surface area contributed by atoms with Gasteiger partial charge in [0.1, 0.15) is 0 Å². The first-order valence-electron chi connectivity index (χ1n) is 9.51. The van der Waals surface area contributed by atoms with Gasteiger partial charge in [-0.2, -0.15) is 10.4 Å². The average Bonchev–Trinajstić information content (AvgIpc) is 3.21. The molecule has 0 amide bonds. The molecule has 0 aliphatic heterocycles. The van der Waals surface area contributed by atoms with Crippen LogP contribution in [-0.4, -0.2) is 20.3 Å². The molecule has 2 aromatic heterocycles. The molecule has 9 heteroatoms. The SMILES string of the molecule is CC(=Nn1c(-c2ccc([N+](=O)[O-])cc2)csc1=Nc1cccnc1)c1ccc(C#N)cc1. The van der Waals surface area contributed by atoms with Crippen LogP contribution in [0.15, 0.2) is 88.5 Å². The van der Waals surface area contributed by atoms with E-state index in [4.69, 9.17) is 10.4 Å². The molecule has 0 saturated heterocycles. The number of rotatable bonds is 5. The quantitative estimate of drug-likeness (QED) is 0.250. The Morgan fingerprint density at radius 1 is 1.16 bits per heavy atom. The van der Waals surface area contributed by atoms with Gasteiger partial charge in [-0.05, 0) is 48.9 Å². The lowest BCUT2D eigenvalue weighted by Crippen LogP contribution is -2.13. The summed E-state index contributed by atoms with van der Waals surface area (Å²) in [7, 11) is 0. The minimum absolute atomic E-state index is 0.0214. The zero-order chi connectivity index (χ0) is 22.5. The predicted octanol–water partition coefficient (Wildman–Crippen LogP) is 4.90. The summed E-state index contributed by atoms with van der Waals surface area (Å²) in [5, 5.41) is 26.7. The van der Waals surface area contributed by atoms with Crippen molar-refractivity contribution in [2.75, 3.05) is 0 Å². The third kappa shape index (κ3) is 4.50. The van der Waals surface area contributed by atoms with E-state index in [0.29, 0.717) is 16.1 Å². The molecule has 0 N–H and O–H groups in total. The molecule has 156 valence electrons. The first-order chi connectivity index (χ1) is 15.5. The first kappa shape index (κ1) is 20.8. The lowest BCUT2D eigenvalue weighted by atomic mass is 10.1. The van der Waals surface area contributed by atoms with Gasteiger partial charge < -0.3 is 0 Å². The number of thiazole rings is 1. The summed E-state index contributed by atoms with van der Waals surface area (Å²) in [6.07, 6.45) is 3.34. The monoisotopic (exact) mass is 440 g/mol. The maximum Gasteiger partial charge on any atom is 0.269 e. The molecule has 0 radical (unpaired) electrons. The maximum absolute atomic E-state index is 11.0. The Kier molecular flexibility index (Phi) is 5.96. The van der Waals surface area contributed by atoms with E-state index in [-0.39, 0.29) is 5.69 Å². The third-order valence-corrected chi connectivity index (χ3v) is 5.43. The minimum atomic E-state index is -0.429. The van der Waals surface area contributed by atoms with Crippen LogP contribution < -0.4 is 4.80 Å². The van der Waals surface area contributed by atoms with Crippen LogP contribution in [0, 0.1) is 21.4 Å². The Bertz CT molecular complexity index is 1400. The largest absolute Gasteiger partial charge is 0.269 e. The molecule has 0 unspecified atom stereocenters. The van der Waals surface area contributed by atoms with E-state index < -0.39 is 4.92 Å². The smallest absolute Gasteiger partial charge is 0.262 e. The number of nitro groups is 1. The first-order valence-corrected chi connectivity index (χ1v) is 10.4. The van der Waals surface area contributed by atoms with Crippen molar-refractivity contribution in [3.05, 3.63) is 104 Å². The van der Waals surface area contributed by atoms with E-state index in [1.54, 1.807) is 47.4 Å². The van der Waals surface area contributed by atoms with Crippen LogP contribution in [-0.2, 0) is 0 Å². The number of benzene rings is 2. The van der Waals surface area contributed by atoms with Gasteiger partial charge in [-0.15, -0.1) is 11.3 Å². The Morgan fingerprint density at radius 3 is 2.53 bits per heavy atom. The fraction of sp³-hybridized carbons (Fsp3) is 0.0435. The Balaban J connectivity index is 1.85. The summed E-state index contributed by atoms with van der Waals surface area (Å²) < 4.78 is 1.71. The molecule has 0 fully saturated rings. The molecule has 0 saturated carbocycles. The summed E-state index contributed by atoms with van der Waals surface area (Å²) in [4.78, 5) is 20.0. The second-order valence-corrected chi connectivity index (χ2v) is 7.55. The lowest BCUT2D eigenvalue weighted by Gasteiger charge is -2.06. The van der Waals surface area contributed by atoms with Gasteiger partial charge in [-0.1, -0.05) is 12.1 Å². The average molecular weight is 440 g/mol. The van der Waals surface area contributed by atoms with Gasteiger partial charge in [0.05, 0.1) is 39.8 Å². The normalized spacial score (nSPS) is 11.9. The van der Waals surface area contributed by atoms with Crippen molar-refractivity contribution < 1.29 is 4.92 Å². The highest BCUT2D eigenvalue weighted by atomic mass is 32.1. The summed E-state index contributed by atoms with van der Waals surface area (Å²) in [5.41, 5.74) is 4.39. The predicted molar refractivity (Wildman–Crippen MR) is 123 cm³/mol. The molecule has 32 heavy (non-hydrogen) atoms. The number of hydrogen-bond donors (Lipinski definition) is 0. The molecule has 0 aliphatic carbocycles. The number of non-ortho nitro benzene ring substituents is 1. The lowest BCUT2D eigenvalue weighted by molar-refractivity contribution is -0.384. The number of hydrogen-bond acceptors (Lipinski definition) is 7. The molecule has 0 bridgehead atoms. The Hall–Kier alpha value is -4.42. The molecule has 8 nitrogen and oxygen atoms in total. The number of nitriles is 1. The van der Waals surface area contributed by atoms with Crippen molar-refractivity contribution in [1.29, 1.82) is 5.26 Å². The van der Waals surface area contributed by atoms with E-state index >= 15 is 0 Å². The summed E-state index contributed by atoms with van der Waals surface area (Å²) in [6.45, 7) is 1.87.